The lowest BCUT2D eigenvalue weighted by atomic mass is 10.1. The van der Waals surface area contributed by atoms with Gasteiger partial charge in [-0.1, -0.05) is 25.0 Å². The van der Waals surface area contributed by atoms with Gasteiger partial charge in [0.1, 0.15) is 0 Å². The molecule has 1 aliphatic rings. The van der Waals surface area contributed by atoms with Gasteiger partial charge in [-0.2, -0.15) is 0 Å². The van der Waals surface area contributed by atoms with Gasteiger partial charge >= 0.3 is 0 Å². The van der Waals surface area contributed by atoms with Gasteiger partial charge in [-0.15, -0.1) is 0 Å². The van der Waals surface area contributed by atoms with Crippen molar-refractivity contribution in [2.75, 3.05) is 13.7 Å². The fraction of sp³-hybridized carbons (Fsp3) is 0.647. The number of methoxy groups -OCH3 is 1. The van der Waals surface area contributed by atoms with Crippen LogP contribution in [0.4, 0.5) is 0 Å². The molecule has 0 amide bonds. The van der Waals surface area contributed by atoms with E-state index in [2.05, 4.69) is 32.2 Å². The minimum absolute atomic E-state index is 0.0916. The third-order valence-electron chi connectivity index (χ3n) is 3.56. The van der Waals surface area contributed by atoms with Crippen molar-refractivity contribution >= 4 is 0 Å². The Morgan fingerprint density at radius 3 is 2.60 bits per heavy atom. The second-order valence-electron chi connectivity index (χ2n) is 6.63. The molecule has 0 atom stereocenters. The highest BCUT2D eigenvalue weighted by atomic mass is 16.5. The first-order valence-electron chi connectivity index (χ1n) is 7.53. The molecule has 0 aromatic heterocycles. The molecule has 3 nitrogen and oxygen atoms in total. The van der Waals surface area contributed by atoms with E-state index in [-0.39, 0.29) is 5.54 Å². The summed E-state index contributed by atoms with van der Waals surface area (Å²) in [5.41, 5.74) is 1.25. The quantitative estimate of drug-likeness (QED) is 0.823. The molecule has 1 fully saturated rings. The van der Waals surface area contributed by atoms with Gasteiger partial charge in [0.05, 0.1) is 13.7 Å². The van der Waals surface area contributed by atoms with Crippen LogP contribution in [0, 0.1) is 5.92 Å². The third-order valence-corrected chi connectivity index (χ3v) is 3.56. The average molecular weight is 277 g/mol. The normalized spacial score (nSPS) is 15.2. The number of benzene rings is 1. The Kier molecular flexibility index (Phi) is 4.92. The number of para-hydroxylation sites is 1. The van der Waals surface area contributed by atoms with Gasteiger partial charge < -0.3 is 14.8 Å². The molecule has 1 saturated carbocycles. The van der Waals surface area contributed by atoms with Crippen molar-refractivity contribution in [1.29, 1.82) is 0 Å². The van der Waals surface area contributed by atoms with E-state index in [0.717, 1.165) is 42.6 Å². The van der Waals surface area contributed by atoms with Crippen molar-refractivity contribution in [3.8, 4) is 11.5 Å². The molecule has 112 valence electrons. The summed E-state index contributed by atoms with van der Waals surface area (Å²) < 4.78 is 11.4. The first kappa shape index (κ1) is 15.2. The molecule has 1 N–H and O–H groups in total. The highest BCUT2D eigenvalue weighted by Gasteiger charge is 2.21. The predicted octanol–water partition coefficient (Wildman–Crippen LogP) is 3.76. The van der Waals surface area contributed by atoms with E-state index in [0.29, 0.717) is 0 Å². The van der Waals surface area contributed by atoms with E-state index in [1.54, 1.807) is 7.11 Å². The Bertz CT molecular complexity index is 433. The fourth-order valence-corrected chi connectivity index (χ4v) is 2.12. The van der Waals surface area contributed by atoms with Crippen molar-refractivity contribution in [1.82, 2.24) is 5.32 Å². The maximum atomic E-state index is 6.01. The molecule has 20 heavy (non-hydrogen) atoms. The minimum atomic E-state index is 0.0916. The van der Waals surface area contributed by atoms with Crippen LogP contribution in [-0.4, -0.2) is 19.3 Å². The number of hydrogen-bond donors (Lipinski definition) is 1. The van der Waals surface area contributed by atoms with Crippen LogP contribution in [0.25, 0.3) is 0 Å². The van der Waals surface area contributed by atoms with Crippen LogP contribution in [0.2, 0.25) is 0 Å². The maximum absolute atomic E-state index is 6.01. The molecule has 0 radical (unpaired) electrons. The van der Waals surface area contributed by atoms with E-state index < -0.39 is 0 Å². The highest BCUT2D eigenvalue weighted by Crippen LogP contribution is 2.35. The standard InChI is InChI=1S/C17H27NO2/c1-17(2,3)18-12-14-6-5-7-15(19-4)16(14)20-11-10-13-8-9-13/h5-7,13,18H,8-12H2,1-4H3. The Morgan fingerprint density at radius 2 is 2.00 bits per heavy atom. The molecule has 0 spiro atoms. The number of rotatable bonds is 7. The SMILES string of the molecule is COc1cccc(CNC(C)(C)C)c1OCCC1CC1. The summed E-state index contributed by atoms with van der Waals surface area (Å²) in [5, 5.41) is 3.51. The molecule has 1 aromatic carbocycles. The number of nitrogens with one attached hydrogen (secondary N) is 1. The maximum Gasteiger partial charge on any atom is 0.165 e. The van der Waals surface area contributed by atoms with E-state index in [9.17, 15) is 0 Å². The zero-order chi connectivity index (χ0) is 14.6. The van der Waals surface area contributed by atoms with Crippen molar-refractivity contribution < 1.29 is 9.47 Å². The van der Waals surface area contributed by atoms with Gasteiger partial charge in [0.25, 0.3) is 0 Å². The third kappa shape index (κ3) is 4.71. The summed E-state index contributed by atoms with van der Waals surface area (Å²) >= 11 is 0. The van der Waals surface area contributed by atoms with Crippen LogP contribution in [0.5, 0.6) is 11.5 Å². The van der Waals surface area contributed by atoms with Gasteiger partial charge in [0, 0.05) is 17.6 Å². The Labute approximate surface area is 122 Å². The van der Waals surface area contributed by atoms with Crippen molar-refractivity contribution in [3.63, 3.8) is 0 Å². The second-order valence-corrected chi connectivity index (χ2v) is 6.63. The van der Waals surface area contributed by atoms with E-state index in [4.69, 9.17) is 9.47 Å². The zero-order valence-corrected chi connectivity index (χ0v) is 13.2. The number of hydrogen-bond acceptors (Lipinski definition) is 3. The van der Waals surface area contributed by atoms with Gasteiger partial charge in [-0.05, 0) is 39.2 Å². The molecule has 1 aromatic rings. The molecule has 1 aliphatic carbocycles. The Hall–Kier alpha value is -1.22. The van der Waals surface area contributed by atoms with Crippen LogP contribution in [0.1, 0.15) is 45.6 Å². The molecule has 3 heteroatoms. The topological polar surface area (TPSA) is 30.5 Å². The lowest BCUT2D eigenvalue weighted by molar-refractivity contribution is 0.278. The second kappa shape index (κ2) is 6.49. The summed E-state index contributed by atoms with van der Waals surface area (Å²) in [4.78, 5) is 0. The van der Waals surface area contributed by atoms with Crippen LogP contribution in [0.15, 0.2) is 18.2 Å². The van der Waals surface area contributed by atoms with Crippen LogP contribution in [-0.2, 0) is 6.54 Å². The molecule has 0 aliphatic heterocycles. The van der Waals surface area contributed by atoms with Crippen molar-refractivity contribution in [2.45, 2.75) is 52.1 Å². The smallest absolute Gasteiger partial charge is 0.165 e. The summed E-state index contributed by atoms with van der Waals surface area (Å²) in [7, 11) is 1.70. The highest BCUT2D eigenvalue weighted by molar-refractivity contribution is 5.46. The van der Waals surface area contributed by atoms with Gasteiger partial charge in [-0.25, -0.2) is 0 Å². The van der Waals surface area contributed by atoms with Crippen molar-refractivity contribution in [2.24, 2.45) is 5.92 Å². The average Bonchev–Trinajstić information content (AvgIpc) is 3.20. The lowest BCUT2D eigenvalue weighted by Gasteiger charge is -2.22. The number of ether oxygens (including phenoxy) is 2. The Balaban J connectivity index is 2.03. The minimum Gasteiger partial charge on any atom is -0.493 e. The first-order chi connectivity index (χ1) is 9.49. The summed E-state index contributed by atoms with van der Waals surface area (Å²) in [6, 6.07) is 6.09. The fourth-order valence-electron chi connectivity index (χ4n) is 2.12. The molecular formula is C17H27NO2. The first-order valence-corrected chi connectivity index (χ1v) is 7.53. The van der Waals surface area contributed by atoms with E-state index in [1.807, 2.05) is 12.1 Å². The summed E-state index contributed by atoms with van der Waals surface area (Å²) in [6.07, 6.45) is 3.89. The summed E-state index contributed by atoms with van der Waals surface area (Å²) in [6.45, 7) is 8.08. The van der Waals surface area contributed by atoms with Gasteiger partial charge in [0.15, 0.2) is 11.5 Å². The molecule has 0 heterocycles. The largest absolute Gasteiger partial charge is 0.493 e. The van der Waals surface area contributed by atoms with Gasteiger partial charge in [0.2, 0.25) is 0 Å². The molecule has 0 unspecified atom stereocenters. The molecule has 0 saturated heterocycles. The molecular weight excluding hydrogens is 250 g/mol. The van der Waals surface area contributed by atoms with Crippen LogP contribution >= 0.6 is 0 Å². The Morgan fingerprint density at radius 1 is 1.25 bits per heavy atom. The molecule has 2 rings (SSSR count). The van der Waals surface area contributed by atoms with Crippen LogP contribution in [0.3, 0.4) is 0 Å². The molecule has 0 bridgehead atoms. The van der Waals surface area contributed by atoms with E-state index >= 15 is 0 Å². The summed E-state index contributed by atoms with van der Waals surface area (Å²) in [5.74, 6) is 2.61. The van der Waals surface area contributed by atoms with Crippen molar-refractivity contribution in [3.05, 3.63) is 23.8 Å². The monoisotopic (exact) mass is 277 g/mol. The van der Waals surface area contributed by atoms with Gasteiger partial charge in [-0.3, -0.25) is 0 Å². The van der Waals surface area contributed by atoms with E-state index in [1.165, 1.54) is 12.8 Å². The lowest BCUT2D eigenvalue weighted by Crippen LogP contribution is -2.35. The predicted molar refractivity (Wildman–Crippen MR) is 82.4 cm³/mol. The zero-order valence-electron chi connectivity index (χ0n) is 13.2. The van der Waals surface area contributed by atoms with Crippen LogP contribution < -0.4 is 14.8 Å².